The molecule has 0 unspecified atom stereocenters. The molecule has 6 nitrogen and oxygen atoms in total. The fourth-order valence-electron chi connectivity index (χ4n) is 2.19. The monoisotopic (exact) mass is 315 g/mol. The molecule has 0 aliphatic rings. The Morgan fingerprint density at radius 3 is 2.70 bits per heavy atom. The van der Waals surface area contributed by atoms with Crippen LogP contribution in [0.25, 0.3) is 0 Å². The number of H-pyrrole nitrogens is 1. The Labute approximate surface area is 135 Å². The summed E-state index contributed by atoms with van der Waals surface area (Å²) < 4.78 is 10.7. The minimum atomic E-state index is -0.312. The molecule has 2 aromatic rings. The van der Waals surface area contributed by atoms with E-state index in [1.807, 2.05) is 26.8 Å². The van der Waals surface area contributed by atoms with Crippen molar-refractivity contribution in [3.63, 3.8) is 0 Å². The van der Waals surface area contributed by atoms with Gasteiger partial charge >= 0.3 is 0 Å². The molecule has 0 atom stereocenters. The number of ether oxygens (including phenoxy) is 2. The van der Waals surface area contributed by atoms with E-state index in [4.69, 9.17) is 9.47 Å². The number of rotatable bonds is 6. The molecule has 2 N–H and O–H groups in total. The number of nitrogens with zero attached hydrogens (tertiary/aromatic N) is 1. The molecule has 1 aromatic heterocycles. The standard InChI is InChI=1S/C17H21N3O3/c1-5-23-15-7-6-13(9-16(15)22-4)17(21)20-18-10-14-8-11(2)19-12(14)3/h6-10,19H,5H2,1-4H3,(H,20,21)/b18-10+. The van der Waals surface area contributed by atoms with Crippen LogP contribution in [0.15, 0.2) is 29.4 Å². The highest BCUT2D eigenvalue weighted by Gasteiger charge is 2.10. The first-order valence-electron chi connectivity index (χ1n) is 7.35. The van der Waals surface area contributed by atoms with Crippen molar-refractivity contribution in [3.8, 4) is 11.5 Å². The number of aryl methyl sites for hydroxylation is 2. The number of benzene rings is 1. The quantitative estimate of drug-likeness (QED) is 0.636. The molecule has 0 aliphatic heterocycles. The van der Waals surface area contributed by atoms with Crippen molar-refractivity contribution in [3.05, 3.63) is 46.8 Å². The van der Waals surface area contributed by atoms with Gasteiger partial charge in [0.2, 0.25) is 0 Å². The molecule has 122 valence electrons. The van der Waals surface area contributed by atoms with Gasteiger partial charge in [-0.3, -0.25) is 4.79 Å². The topological polar surface area (TPSA) is 75.7 Å². The predicted octanol–water partition coefficient (Wildman–Crippen LogP) is 2.80. The van der Waals surface area contributed by atoms with Crippen molar-refractivity contribution in [1.82, 2.24) is 10.4 Å². The van der Waals surface area contributed by atoms with E-state index in [2.05, 4.69) is 15.5 Å². The van der Waals surface area contributed by atoms with Gasteiger partial charge in [0.05, 0.1) is 19.9 Å². The van der Waals surface area contributed by atoms with Gasteiger partial charge in [0.25, 0.3) is 5.91 Å². The van der Waals surface area contributed by atoms with Crippen molar-refractivity contribution in [2.75, 3.05) is 13.7 Å². The summed E-state index contributed by atoms with van der Waals surface area (Å²) in [5.41, 5.74) is 5.94. The molecule has 1 aromatic carbocycles. The van der Waals surface area contributed by atoms with Gasteiger partial charge in [-0.2, -0.15) is 5.10 Å². The molecule has 0 bridgehead atoms. The van der Waals surface area contributed by atoms with E-state index in [0.29, 0.717) is 23.7 Å². The molecule has 6 heteroatoms. The number of hydrogen-bond acceptors (Lipinski definition) is 4. The Balaban J connectivity index is 2.07. The van der Waals surface area contributed by atoms with E-state index >= 15 is 0 Å². The normalized spacial score (nSPS) is 10.8. The number of hydrazone groups is 1. The average Bonchev–Trinajstić information content (AvgIpc) is 2.85. The number of nitrogens with one attached hydrogen (secondary N) is 2. The highest BCUT2D eigenvalue weighted by atomic mass is 16.5. The Kier molecular flexibility index (Phi) is 5.41. The lowest BCUT2D eigenvalue weighted by atomic mass is 10.2. The molecule has 2 rings (SSSR count). The number of carbonyl (C=O) groups is 1. The van der Waals surface area contributed by atoms with Crippen LogP contribution in [0.5, 0.6) is 11.5 Å². The minimum absolute atomic E-state index is 0.312. The fraction of sp³-hybridized carbons (Fsp3) is 0.294. The summed E-state index contributed by atoms with van der Waals surface area (Å²) in [4.78, 5) is 15.3. The molecule has 0 fully saturated rings. The summed E-state index contributed by atoms with van der Waals surface area (Å²) in [6.07, 6.45) is 1.61. The first-order chi connectivity index (χ1) is 11.0. The second-order valence-electron chi connectivity index (χ2n) is 5.03. The third kappa shape index (κ3) is 4.12. The lowest BCUT2D eigenvalue weighted by Gasteiger charge is -2.10. The number of amides is 1. The SMILES string of the molecule is CCOc1ccc(C(=O)N/N=C/c2cc(C)[nH]c2C)cc1OC. The molecule has 23 heavy (non-hydrogen) atoms. The van der Waals surface area contributed by atoms with Gasteiger partial charge < -0.3 is 14.5 Å². The van der Waals surface area contributed by atoms with E-state index in [1.165, 1.54) is 7.11 Å². The van der Waals surface area contributed by atoms with Crippen LogP contribution in [-0.4, -0.2) is 30.8 Å². The summed E-state index contributed by atoms with van der Waals surface area (Å²) in [5, 5.41) is 3.99. The number of aromatic amines is 1. The highest BCUT2D eigenvalue weighted by molar-refractivity contribution is 5.95. The third-order valence-electron chi connectivity index (χ3n) is 3.29. The first-order valence-corrected chi connectivity index (χ1v) is 7.35. The maximum atomic E-state index is 12.1. The molecule has 0 saturated heterocycles. The lowest BCUT2D eigenvalue weighted by Crippen LogP contribution is -2.17. The zero-order chi connectivity index (χ0) is 16.8. The van der Waals surface area contributed by atoms with E-state index in [9.17, 15) is 4.79 Å². The maximum Gasteiger partial charge on any atom is 0.271 e. The van der Waals surface area contributed by atoms with Gasteiger partial charge in [0, 0.05) is 22.5 Å². The first kappa shape index (κ1) is 16.6. The van der Waals surface area contributed by atoms with Crippen molar-refractivity contribution < 1.29 is 14.3 Å². The van der Waals surface area contributed by atoms with Gasteiger partial charge in [0.1, 0.15) is 0 Å². The number of hydrogen-bond donors (Lipinski definition) is 2. The molecule has 0 saturated carbocycles. The summed E-state index contributed by atoms with van der Waals surface area (Å²) in [5.74, 6) is 0.807. The molecule has 1 heterocycles. The molecular weight excluding hydrogens is 294 g/mol. The summed E-state index contributed by atoms with van der Waals surface area (Å²) in [7, 11) is 1.54. The molecule has 1 amide bonds. The fourth-order valence-corrected chi connectivity index (χ4v) is 2.19. The van der Waals surface area contributed by atoms with Gasteiger partial charge in [-0.05, 0) is 45.0 Å². The van der Waals surface area contributed by atoms with Crippen LogP contribution in [0.3, 0.4) is 0 Å². The molecule has 0 radical (unpaired) electrons. The van der Waals surface area contributed by atoms with Gasteiger partial charge in [-0.15, -0.1) is 0 Å². The van der Waals surface area contributed by atoms with Crippen LogP contribution in [0.4, 0.5) is 0 Å². The van der Waals surface area contributed by atoms with Crippen LogP contribution >= 0.6 is 0 Å². The minimum Gasteiger partial charge on any atom is -0.493 e. The van der Waals surface area contributed by atoms with E-state index in [1.54, 1.807) is 24.4 Å². The largest absolute Gasteiger partial charge is 0.493 e. The van der Waals surface area contributed by atoms with Crippen LogP contribution in [0.1, 0.15) is 34.2 Å². The number of aromatic nitrogens is 1. The van der Waals surface area contributed by atoms with Crippen LogP contribution in [0.2, 0.25) is 0 Å². The Hall–Kier alpha value is -2.76. The molecular formula is C17H21N3O3. The summed E-state index contributed by atoms with van der Waals surface area (Å²) in [6.45, 7) is 6.34. The van der Waals surface area contributed by atoms with Crippen LogP contribution < -0.4 is 14.9 Å². The predicted molar refractivity (Wildman–Crippen MR) is 89.5 cm³/mol. The summed E-state index contributed by atoms with van der Waals surface area (Å²) in [6, 6.07) is 6.97. The lowest BCUT2D eigenvalue weighted by molar-refractivity contribution is 0.0954. The molecule has 0 spiro atoms. The van der Waals surface area contributed by atoms with Gasteiger partial charge in [-0.1, -0.05) is 0 Å². The Morgan fingerprint density at radius 2 is 2.09 bits per heavy atom. The van der Waals surface area contributed by atoms with Crippen molar-refractivity contribution in [2.45, 2.75) is 20.8 Å². The third-order valence-corrected chi connectivity index (χ3v) is 3.29. The zero-order valence-electron chi connectivity index (χ0n) is 13.8. The molecule has 0 aliphatic carbocycles. The Bertz CT molecular complexity index is 720. The second kappa shape index (κ2) is 7.49. The Morgan fingerprint density at radius 1 is 1.30 bits per heavy atom. The van der Waals surface area contributed by atoms with Crippen molar-refractivity contribution in [1.29, 1.82) is 0 Å². The van der Waals surface area contributed by atoms with E-state index in [0.717, 1.165) is 17.0 Å². The summed E-state index contributed by atoms with van der Waals surface area (Å²) >= 11 is 0. The highest BCUT2D eigenvalue weighted by Crippen LogP contribution is 2.27. The number of carbonyl (C=O) groups excluding carboxylic acids is 1. The van der Waals surface area contributed by atoms with Crippen molar-refractivity contribution >= 4 is 12.1 Å². The number of methoxy groups -OCH3 is 1. The second-order valence-corrected chi connectivity index (χ2v) is 5.03. The van der Waals surface area contributed by atoms with Crippen LogP contribution in [0, 0.1) is 13.8 Å². The van der Waals surface area contributed by atoms with Gasteiger partial charge in [-0.25, -0.2) is 5.43 Å². The van der Waals surface area contributed by atoms with Crippen molar-refractivity contribution in [2.24, 2.45) is 5.10 Å². The van der Waals surface area contributed by atoms with Crippen LogP contribution in [-0.2, 0) is 0 Å². The smallest absolute Gasteiger partial charge is 0.271 e. The average molecular weight is 315 g/mol. The maximum absolute atomic E-state index is 12.1. The van der Waals surface area contributed by atoms with E-state index < -0.39 is 0 Å². The van der Waals surface area contributed by atoms with E-state index in [-0.39, 0.29) is 5.91 Å². The van der Waals surface area contributed by atoms with Gasteiger partial charge in [0.15, 0.2) is 11.5 Å². The zero-order valence-corrected chi connectivity index (χ0v) is 13.8.